The van der Waals surface area contributed by atoms with E-state index in [0.29, 0.717) is 0 Å². The number of benzene rings is 9. The molecule has 12 aromatic rings. The van der Waals surface area contributed by atoms with Gasteiger partial charge in [-0.3, -0.25) is 0 Å². The van der Waals surface area contributed by atoms with E-state index in [0.717, 1.165) is 17.1 Å². The fraction of sp³-hybridized carbons (Fsp3) is 0. The van der Waals surface area contributed by atoms with Crippen molar-refractivity contribution in [1.29, 1.82) is 0 Å². The minimum atomic E-state index is 1.11. The van der Waals surface area contributed by atoms with Crippen molar-refractivity contribution in [2.45, 2.75) is 0 Å². The second-order valence-electron chi connectivity index (χ2n) is 14.9. The molecule has 0 saturated carbocycles. The van der Waals surface area contributed by atoms with Crippen LogP contribution in [0.5, 0.6) is 0 Å². The first-order valence-electron chi connectivity index (χ1n) is 19.7. The Hall–Kier alpha value is -6.98. The van der Waals surface area contributed by atoms with Crippen molar-refractivity contribution in [3.05, 3.63) is 206 Å². The Balaban J connectivity index is 0.973. The first-order valence-corrected chi connectivity index (χ1v) is 21.3. The Kier molecular flexibility index (Phi) is 7.62. The lowest BCUT2D eigenvalue weighted by Crippen LogP contribution is -2.09. The third-order valence-electron chi connectivity index (χ3n) is 11.6. The van der Waals surface area contributed by atoms with E-state index in [1.165, 1.54) is 90.1 Å². The van der Waals surface area contributed by atoms with Gasteiger partial charge in [0.05, 0.1) is 11.0 Å². The van der Waals surface area contributed by atoms with Gasteiger partial charge in [-0.1, -0.05) is 127 Å². The molecule has 4 heteroatoms. The zero-order valence-electron chi connectivity index (χ0n) is 31.3. The van der Waals surface area contributed by atoms with Crippen molar-refractivity contribution in [2.75, 3.05) is 4.90 Å². The molecule has 0 aliphatic rings. The Morgan fingerprint density at radius 3 is 1.67 bits per heavy atom. The van der Waals surface area contributed by atoms with E-state index in [1.54, 1.807) is 0 Å². The van der Waals surface area contributed by atoms with Gasteiger partial charge >= 0.3 is 0 Å². The highest BCUT2D eigenvalue weighted by molar-refractivity contribution is 7.26. The SMILES string of the molecule is c1ccc(-n2c3ccccc3c3ccc(-c4ccc(N(c5ccc(-c6cccc7sc8ccccc8c67)cc5)c5ccc6c(c5)sc5ccccc56)cc4)cc32)cc1. The Morgan fingerprint density at radius 1 is 0.328 bits per heavy atom. The average Bonchev–Trinajstić information content (AvgIpc) is 3.96. The number of aromatic nitrogens is 1. The summed E-state index contributed by atoms with van der Waals surface area (Å²) in [6, 6.07) is 75.6. The molecule has 0 unspecified atom stereocenters. The molecule has 0 bridgehead atoms. The van der Waals surface area contributed by atoms with Crippen LogP contribution < -0.4 is 4.90 Å². The first kappa shape index (κ1) is 33.2. The molecule has 2 nitrogen and oxygen atoms in total. The van der Waals surface area contributed by atoms with E-state index in [1.807, 2.05) is 22.7 Å². The molecule has 0 N–H and O–H groups in total. The van der Waals surface area contributed by atoms with Gasteiger partial charge < -0.3 is 9.47 Å². The number of nitrogens with zero attached hydrogens (tertiary/aromatic N) is 2. The Bertz CT molecular complexity index is 3500. The predicted octanol–water partition coefficient (Wildman–Crippen LogP) is 16.3. The highest BCUT2D eigenvalue weighted by Crippen LogP contribution is 2.44. The van der Waals surface area contributed by atoms with Crippen molar-refractivity contribution in [1.82, 2.24) is 4.57 Å². The summed E-state index contributed by atoms with van der Waals surface area (Å²) in [6.07, 6.45) is 0. The average molecular weight is 775 g/mol. The molecule has 9 aromatic carbocycles. The summed E-state index contributed by atoms with van der Waals surface area (Å²) in [5, 5.41) is 7.79. The van der Waals surface area contributed by atoms with Crippen molar-refractivity contribution in [2.24, 2.45) is 0 Å². The van der Waals surface area contributed by atoms with Crippen LogP contribution in [0.2, 0.25) is 0 Å². The number of rotatable bonds is 6. The summed E-state index contributed by atoms with van der Waals surface area (Å²) in [7, 11) is 0. The fourth-order valence-electron chi connectivity index (χ4n) is 8.91. The number of anilines is 3. The van der Waals surface area contributed by atoms with Gasteiger partial charge in [0.15, 0.2) is 0 Å². The van der Waals surface area contributed by atoms with E-state index in [9.17, 15) is 0 Å². The van der Waals surface area contributed by atoms with Crippen molar-refractivity contribution in [3.8, 4) is 27.9 Å². The highest BCUT2D eigenvalue weighted by Gasteiger charge is 2.18. The van der Waals surface area contributed by atoms with Gasteiger partial charge in [-0.2, -0.15) is 0 Å². The molecule has 272 valence electrons. The highest BCUT2D eigenvalue weighted by atomic mass is 32.1. The lowest BCUT2D eigenvalue weighted by molar-refractivity contribution is 1.18. The third kappa shape index (κ3) is 5.30. The quantitative estimate of drug-likeness (QED) is 0.163. The summed E-state index contributed by atoms with van der Waals surface area (Å²) < 4.78 is 7.64. The van der Waals surface area contributed by atoms with Crippen molar-refractivity contribution < 1.29 is 0 Å². The molecule has 0 amide bonds. The minimum absolute atomic E-state index is 1.11. The summed E-state index contributed by atoms with van der Waals surface area (Å²) >= 11 is 3.73. The van der Waals surface area contributed by atoms with E-state index in [2.05, 4.69) is 216 Å². The van der Waals surface area contributed by atoms with Gasteiger partial charge in [0.1, 0.15) is 0 Å². The normalized spacial score (nSPS) is 11.8. The smallest absolute Gasteiger partial charge is 0.0547 e. The maximum atomic E-state index is 2.40. The zero-order chi connectivity index (χ0) is 38.2. The monoisotopic (exact) mass is 774 g/mol. The van der Waals surface area contributed by atoms with Gasteiger partial charge in [-0.15, -0.1) is 22.7 Å². The van der Waals surface area contributed by atoms with E-state index >= 15 is 0 Å². The van der Waals surface area contributed by atoms with Gasteiger partial charge in [0.2, 0.25) is 0 Å². The molecular weight excluding hydrogens is 741 g/mol. The van der Waals surface area contributed by atoms with Gasteiger partial charge in [0, 0.05) is 73.9 Å². The van der Waals surface area contributed by atoms with Crippen LogP contribution in [0.25, 0.3) is 90.1 Å². The molecule has 0 spiro atoms. The maximum absolute atomic E-state index is 2.40. The minimum Gasteiger partial charge on any atom is -0.310 e. The molecule has 0 fully saturated rings. The molecule has 3 aromatic heterocycles. The number of fused-ring (bicyclic) bond motifs is 9. The molecule has 12 rings (SSSR count). The van der Waals surface area contributed by atoms with E-state index in [-0.39, 0.29) is 0 Å². The second-order valence-corrected chi connectivity index (χ2v) is 17.1. The zero-order valence-corrected chi connectivity index (χ0v) is 33.0. The third-order valence-corrected chi connectivity index (χ3v) is 13.9. The van der Waals surface area contributed by atoms with Crippen LogP contribution in [-0.4, -0.2) is 4.57 Å². The van der Waals surface area contributed by atoms with Crippen LogP contribution in [0.1, 0.15) is 0 Å². The number of hydrogen-bond acceptors (Lipinski definition) is 3. The molecule has 0 aliphatic heterocycles. The van der Waals surface area contributed by atoms with Crippen LogP contribution in [0.3, 0.4) is 0 Å². The largest absolute Gasteiger partial charge is 0.310 e. The lowest BCUT2D eigenvalue weighted by atomic mass is 9.99. The predicted molar refractivity (Wildman–Crippen MR) is 252 cm³/mol. The molecule has 0 atom stereocenters. The summed E-state index contributed by atoms with van der Waals surface area (Å²) in [5.41, 5.74) is 11.8. The summed E-state index contributed by atoms with van der Waals surface area (Å²) in [5.74, 6) is 0. The molecule has 58 heavy (non-hydrogen) atoms. The van der Waals surface area contributed by atoms with Crippen LogP contribution in [-0.2, 0) is 0 Å². The van der Waals surface area contributed by atoms with Gasteiger partial charge in [-0.25, -0.2) is 0 Å². The number of hydrogen-bond donors (Lipinski definition) is 0. The number of para-hydroxylation sites is 2. The Morgan fingerprint density at radius 2 is 0.879 bits per heavy atom. The van der Waals surface area contributed by atoms with Crippen LogP contribution in [0.4, 0.5) is 17.1 Å². The number of thiophene rings is 2. The van der Waals surface area contributed by atoms with Crippen molar-refractivity contribution >= 4 is 102 Å². The van der Waals surface area contributed by atoms with Crippen LogP contribution >= 0.6 is 22.7 Å². The molecule has 3 heterocycles. The summed E-state index contributed by atoms with van der Waals surface area (Å²) in [4.78, 5) is 2.40. The topological polar surface area (TPSA) is 8.17 Å². The fourth-order valence-corrected chi connectivity index (χ4v) is 11.2. The van der Waals surface area contributed by atoms with Crippen molar-refractivity contribution in [3.63, 3.8) is 0 Å². The van der Waals surface area contributed by atoms with E-state index in [4.69, 9.17) is 0 Å². The first-order chi connectivity index (χ1) is 28.7. The lowest BCUT2D eigenvalue weighted by Gasteiger charge is -2.26. The van der Waals surface area contributed by atoms with Crippen LogP contribution in [0, 0.1) is 0 Å². The molecule has 0 saturated heterocycles. The van der Waals surface area contributed by atoms with Crippen LogP contribution in [0.15, 0.2) is 206 Å². The van der Waals surface area contributed by atoms with Gasteiger partial charge in [0.25, 0.3) is 0 Å². The molecular formula is C54H34N2S2. The van der Waals surface area contributed by atoms with E-state index < -0.39 is 0 Å². The Labute approximate surface area is 343 Å². The van der Waals surface area contributed by atoms with Gasteiger partial charge in [-0.05, 0) is 101 Å². The summed E-state index contributed by atoms with van der Waals surface area (Å²) in [6.45, 7) is 0. The molecule has 0 radical (unpaired) electrons. The maximum Gasteiger partial charge on any atom is 0.0547 e. The second kappa shape index (κ2) is 13.3. The standard InChI is InChI=1S/C54H34N2S2/c1-2-11-38(12-3-1)56-48-17-7-4-13-43(48)44-31-25-37(33-49(44)56)35-21-26-39(27-22-35)55(41-30-32-46-45-14-5-8-18-50(45)58-53(46)34-41)40-28-23-36(24-29-40)42-16-10-20-52-54(42)47-15-6-9-19-51(47)57-52/h1-34H. The molecule has 0 aliphatic carbocycles.